The molecule has 1 heterocycles. The van der Waals surface area contributed by atoms with Crippen LogP contribution in [0.5, 0.6) is 0 Å². The molecule has 1 N–H and O–H groups in total. The van der Waals surface area contributed by atoms with E-state index in [9.17, 15) is 0 Å². The van der Waals surface area contributed by atoms with Crippen LogP contribution >= 0.6 is 0 Å². The maximum absolute atomic E-state index is 3.34. The van der Waals surface area contributed by atoms with Gasteiger partial charge in [-0.3, -0.25) is 0 Å². The summed E-state index contributed by atoms with van der Waals surface area (Å²) in [6, 6.07) is 0. The molecule has 0 radical (unpaired) electrons. The maximum Gasteiger partial charge on any atom is 0.0298 e. The molecule has 0 aliphatic carbocycles. The lowest BCUT2D eigenvalue weighted by molar-refractivity contribution is 0.323. The summed E-state index contributed by atoms with van der Waals surface area (Å²) < 4.78 is 0. The van der Waals surface area contributed by atoms with Crippen LogP contribution in [-0.4, -0.2) is 31.1 Å². The molecule has 2 nitrogen and oxygen atoms in total. The molecule has 1 rings (SSSR count). The normalized spacial score (nSPS) is 18.9. The lowest BCUT2D eigenvalue weighted by atomic mass is 10.2. The minimum atomic E-state index is 1.14. The van der Waals surface area contributed by atoms with Crippen molar-refractivity contribution in [3.05, 3.63) is 12.3 Å². The van der Waals surface area contributed by atoms with Crippen LogP contribution < -0.4 is 5.32 Å². The van der Waals surface area contributed by atoms with Gasteiger partial charge in [0.1, 0.15) is 0 Å². The van der Waals surface area contributed by atoms with Gasteiger partial charge in [0.05, 0.1) is 0 Å². The number of nitrogens with zero attached hydrogens (tertiary/aromatic N) is 1. The average Bonchev–Trinajstić information content (AvgIpc) is 2.14. The van der Waals surface area contributed by atoms with Crippen molar-refractivity contribution < 1.29 is 0 Å². The van der Waals surface area contributed by atoms with Crippen LogP contribution in [0.15, 0.2) is 12.3 Å². The zero-order valence-corrected chi connectivity index (χ0v) is 8.05. The third-order valence-electron chi connectivity index (χ3n) is 2.19. The van der Waals surface area contributed by atoms with E-state index in [1.807, 2.05) is 0 Å². The van der Waals surface area contributed by atoms with Gasteiger partial charge in [-0.2, -0.15) is 0 Å². The second kappa shape index (κ2) is 6.06. The quantitative estimate of drug-likeness (QED) is 0.641. The monoisotopic (exact) mass is 168 g/mol. The molecular weight excluding hydrogens is 148 g/mol. The molecule has 0 saturated carbocycles. The molecule has 0 aromatic rings. The molecule has 0 unspecified atom stereocenters. The van der Waals surface area contributed by atoms with E-state index in [1.54, 1.807) is 0 Å². The summed E-state index contributed by atoms with van der Waals surface area (Å²) in [7, 11) is 0. The van der Waals surface area contributed by atoms with Crippen LogP contribution in [0.1, 0.15) is 26.2 Å². The Morgan fingerprint density at radius 1 is 1.33 bits per heavy atom. The fourth-order valence-electron chi connectivity index (χ4n) is 1.38. The minimum Gasteiger partial charge on any atom is -0.375 e. The van der Waals surface area contributed by atoms with Crippen LogP contribution in [0.3, 0.4) is 0 Å². The standard InChI is InChI=1S/C10H20N2/c1-2-3-4-5-8-12-9-6-11-7-10-12/h5,8,11H,2-4,6-7,9-10H2,1H3/b8-5+. The van der Waals surface area contributed by atoms with Gasteiger partial charge in [0.25, 0.3) is 0 Å². The summed E-state index contributed by atoms with van der Waals surface area (Å²) in [6.45, 7) is 6.85. The smallest absolute Gasteiger partial charge is 0.0298 e. The van der Waals surface area contributed by atoms with E-state index in [1.165, 1.54) is 32.4 Å². The Balaban J connectivity index is 2.07. The predicted octanol–water partition coefficient (Wildman–Crippen LogP) is 1.60. The first-order chi connectivity index (χ1) is 5.93. The van der Waals surface area contributed by atoms with Crippen molar-refractivity contribution >= 4 is 0 Å². The molecule has 0 aromatic carbocycles. The number of piperazine rings is 1. The highest BCUT2D eigenvalue weighted by Crippen LogP contribution is 1.98. The van der Waals surface area contributed by atoms with Crippen molar-refractivity contribution in [2.75, 3.05) is 26.2 Å². The molecule has 2 heteroatoms. The number of hydrogen-bond acceptors (Lipinski definition) is 2. The van der Waals surface area contributed by atoms with E-state index in [2.05, 4.69) is 29.4 Å². The summed E-state index contributed by atoms with van der Waals surface area (Å²) in [6.07, 6.45) is 8.42. The van der Waals surface area contributed by atoms with Gasteiger partial charge in [0.15, 0.2) is 0 Å². The molecule has 1 saturated heterocycles. The Labute approximate surface area is 75.6 Å². The van der Waals surface area contributed by atoms with Crippen molar-refractivity contribution in [2.45, 2.75) is 26.2 Å². The number of rotatable bonds is 4. The second-order valence-corrected chi connectivity index (χ2v) is 3.31. The van der Waals surface area contributed by atoms with E-state index in [0.717, 1.165) is 13.1 Å². The van der Waals surface area contributed by atoms with E-state index < -0.39 is 0 Å². The number of nitrogens with one attached hydrogen (secondary N) is 1. The molecule has 12 heavy (non-hydrogen) atoms. The van der Waals surface area contributed by atoms with Crippen molar-refractivity contribution in [1.82, 2.24) is 10.2 Å². The highest BCUT2D eigenvalue weighted by atomic mass is 15.2. The third-order valence-corrected chi connectivity index (χ3v) is 2.19. The van der Waals surface area contributed by atoms with Gasteiger partial charge >= 0.3 is 0 Å². The van der Waals surface area contributed by atoms with Crippen LogP contribution in [0.4, 0.5) is 0 Å². The molecule has 70 valence electrons. The molecule has 0 spiro atoms. The average molecular weight is 168 g/mol. The van der Waals surface area contributed by atoms with E-state index in [0.29, 0.717) is 0 Å². The highest BCUT2D eigenvalue weighted by molar-refractivity contribution is 4.84. The van der Waals surface area contributed by atoms with Crippen LogP contribution in [0.2, 0.25) is 0 Å². The summed E-state index contributed by atoms with van der Waals surface area (Å²) >= 11 is 0. The zero-order valence-electron chi connectivity index (χ0n) is 8.05. The minimum absolute atomic E-state index is 1.14. The molecule has 0 aromatic heterocycles. The van der Waals surface area contributed by atoms with Crippen LogP contribution in [0, 0.1) is 0 Å². The van der Waals surface area contributed by atoms with Gasteiger partial charge in [-0.25, -0.2) is 0 Å². The molecular formula is C10H20N2. The third kappa shape index (κ3) is 3.77. The van der Waals surface area contributed by atoms with Gasteiger partial charge in [-0.05, 0) is 12.6 Å². The largest absolute Gasteiger partial charge is 0.375 e. The zero-order chi connectivity index (χ0) is 8.65. The Hall–Kier alpha value is -0.500. The Kier molecular flexibility index (Phi) is 4.85. The molecule has 1 fully saturated rings. The summed E-state index contributed by atoms with van der Waals surface area (Å²) in [5, 5.41) is 3.34. The van der Waals surface area contributed by atoms with Gasteiger partial charge in [-0.15, -0.1) is 0 Å². The fourth-order valence-corrected chi connectivity index (χ4v) is 1.38. The van der Waals surface area contributed by atoms with Crippen molar-refractivity contribution in [3.63, 3.8) is 0 Å². The second-order valence-electron chi connectivity index (χ2n) is 3.31. The van der Waals surface area contributed by atoms with Crippen molar-refractivity contribution in [3.8, 4) is 0 Å². The number of hydrogen-bond donors (Lipinski definition) is 1. The Bertz CT molecular complexity index is 126. The first-order valence-electron chi connectivity index (χ1n) is 5.05. The van der Waals surface area contributed by atoms with E-state index in [-0.39, 0.29) is 0 Å². The van der Waals surface area contributed by atoms with Gasteiger partial charge < -0.3 is 10.2 Å². The predicted molar refractivity (Wildman–Crippen MR) is 53.1 cm³/mol. The topological polar surface area (TPSA) is 15.3 Å². The van der Waals surface area contributed by atoms with Crippen molar-refractivity contribution in [1.29, 1.82) is 0 Å². The maximum atomic E-state index is 3.34. The summed E-state index contributed by atoms with van der Waals surface area (Å²) in [5.74, 6) is 0. The van der Waals surface area contributed by atoms with Crippen molar-refractivity contribution in [2.24, 2.45) is 0 Å². The molecule has 1 aliphatic heterocycles. The SMILES string of the molecule is CCCC/C=C/N1CCNCC1. The number of unbranched alkanes of at least 4 members (excludes halogenated alkanes) is 2. The summed E-state index contributed by atoms with van der Waals surface area (Å²) in [5.41, 5.74) is 0. The lowest BCUT2D eigenvalue weighted by Gasteiger charge is -2.25. The van der Waals surface area contributed by atoms with E-state index in [4.69, 9.17) is 0 Å². The Morgan fingerprint density at radius 3 is 2.75 bits per heavy atom. The van der Waals surface area contributed by atoms with E-state index >= 15 is 0 Å². The first kappa shape index (κ1) is 9.59. The van der Waals surface area contributed by atoms with Gasteiger partial charge in [0.2, 0.25) is 0 Å². The van der Waals surface area contributed by atoms with Gasteiger partial charge in [0, 0.05) is 26.2 Å². The first-order valence-corrected chi connectivity index (χ1v) is 5.05. The van der Waals surface area contributed by atoms with Gasteiger partial charge in [-0.1, -0.05) is 25.8 Å². The number of allylic oxidation sites excluding steroid dienone is 1. The lowest BCUT2D eigenvalue weighted by Crippen LogP contribution is -2.40. The summed E-state index contributed by atoms with van der Waals surface area (Å²) in [4.78, 5) is 2.40. The Morgan fingerprint density at radius 2 is 2.08 bits per heavy atom. The van der Waals surface area contributed by atoms with Crippen LogP contribution in [0.25, 0.3) is 0 Å². The fraction of sp³-hybridized carbons (Fsp3) is 0.800. The molecule has 0 atom stereocenters. The van der Waals surface area contributed by atoms with Crippen LogP contribution in [-0.2, 0) is 0 Å². The highest BCUT2D eigenvalue weighted by Gasteiger charge is 2.02. The molecule has 1 aliphatic rings. The molecule has 0 bridgehead atoms. The molecule has 0 amide bonds.